The van der Waals surface area contributed by atoms with Gasteiger partial charge in [-0.2, -0.15) is 0 Å². The Morgan fingerprint density at radius 3 is 2.62 bits per heavy atom. The number of carbonyl (C=O) groups is 1. The maximum absolute atomic E-state index is 10.9. The van der Waals surface area contributed by atoms with Gasteiger partial charge in [-0.15, -0.1) is 0 Å². The molecular formula is C17H17BrO3. The van der Waals surface area contributed by atoms with Crippen LogP contribution in [0.5, 0.6) is 5.75 Å². The molecule has 0 radical (unpaired) electrons. The second-order valence-electron chi connectivity index (χ2n) is 4.96. The zero-order chi connectivity index (χ0) is 15.2. The van der Waals surface area contributed by atoms with Crippen molar-refractivity contribution in [2.45, 2.75) is 25.9 Å². The molecule has 0 fully saturated rings. The van der Waals surface area contributed by atoms with Crippen LogP contribution in [0.25, 0.3) is 0 Å². The molecule has 2 aromatic rings. The average Bonchev–Trinajstić information content (AvgIpc) is 2.46. The van der Waals surface area contributed by atoms with Crippen LogP contribution in [-0.4, -0.2) is 11.1 Å². The molecule has 0 spiro atoms. The van der Waals surface area contributed by atoms with Gasteiger partial charge in [-0.3, -0.25) is 4.79 Å². The lowest BCUT2D eigenvalue weighted by Gasteiger charge is -2.16. The first-order chi connectivity index (χ1) is 10.1. The fraction of sp³-hybridized carbons (Fsp3) is 0.235. The van der Waals surface area contributed by atoms with Crippen molar-refractivity contribution in [1.82, 2.24) is 0 Å². The second-order valence-corrected chi connectivity index (χ2v) is 5.87. The Morgan fingerprint density at radius 2 is 1.95 bits per heavy atom. The molecule has 0 aliphatic heterocycles. The van der Waals surface area contributed by atoms with Crippen LogP contribution >= 0.6 is 15.9 Å². The smallest absolute Gasteiger partial charge is 0.303 e. The Labute approximate surface area is 132 Å². The molecule has 1 N–H and O–H groups in total. The molecule has 0 aliphatic rings. The topological polar surface area (TPSA) is 46.5 Å². The van der Waals surface area contributed by atoms with E-state index in [4.69, 9.17) is 9.84 Å². The van der Waals surface area contributed by atoms with Crippen molar-refractivity contribution < 1.29 is 14.6 Å². The zero-order valence-corrected chi connectivity index (χ0v) is 13.3. The molecule has 110 valence electrons. The van der Waals surface area contributed by atoms with E-state index < -0.39 is 5.97 Å². The minimum atomic E-state index is -0.809. The molecule has 2 aromatic carbocycles. The van der Waals surface area contributed by atoms with E-state index in [0.29, 0.717) is 6.61 Å². The summed E-state index contributed by atoms with van der Waals surface area (Å²) in [6.07, 6.45) is 0.0815. The highest BCUT2D eigenvalue weighted by Gasteiger charge is 2.15. The molecule has 3 nitrogen and oxygen atoms in total. The fourth-order valence-corrected chi connectivity index (χ4v) is 2.52. The summed E-state index contributed by atoms with van der Waals surface area (Å²) in [5.41, 5.74) is 1.99. The Balaban J connectivity index is 2.16. The summed E-state index contributed by atoms with van der Waals surface area (Å²) in [4.78, 5) is 10.9. The summed E-state index contributed by atoms with van der Waals surface area (Å²) in [5, 5.41) is 8.96. The molecular weight excluding hydrogens is 332 g/mol. The third-order valence-electron chi connectivity index (χ3n) is 3.22. The van der Waals surface area contributed by atoms with Crippen LogP contribution in [0.15, 0.2) is 53.0 Å². The summed E-state index contributed by atoms with van der Waals surface area (Å²) in [7, 11) is 0. The van der Waals surface area contributed by atoms with Crippen molar-refractivity contribution in [2.75, 3.05) is 0 Å². The monoisotopic (exact) mass is 348 g/mol. The van der Waals surface area contributed by atoms with Gasteiger partial charge in [0.2, 0.25) is 0 Å². The normalized spacial score (nSPS) is 11.9. The van der Waals surface area contributed by atoms with E-state index in [1.54, 1.807) is 0 Å². The molecule has 0 aromatic heterocycles. The standard InChI is InChI=1S/C17H17BrO3/c1-12(9-17(19)20)15-10-14(18)7-8-16(15)21-11-13-5-3-2-4-6-13/h2-8,10,12H,9,11H2,1H3,(H,19,20)/t12-/m0/s1. The lowest BCUT2D eigenvalue weighted by atomic mass is 9.97. The van der Waals surface area contributed by atoms with Gasteiger partial charge in [0.05, 0.1) is 6.42 Å². The van der Waals surface area contributed by atoms with Crippen molar-refractivity contribution in [3.8, 4) is 5.75 Å². The van der Waals surface area contributed by atoms with Gasteiger partial charge in [-0.25, -0.2) is 0 Å². The quantitative estimate of drug-likeness (QED) is 0.829. The van der Waals surface area contributed by atoms with Crippen LogP contribution in [0.2, 0.25) is 0 Å². The van der Waals surface area contributed by atoms with Gasteiger partial charge in [0.15, 0.2) is 0 Å². The van der Waals surface area contributed by atoms with Gasteiger partial charge >= 0.3 is 5.97 Å². The number of benzene rings is 2. The van der Waals surface area contributed by atoms with E-state index in [1.165, 1.54) is 0 Å². The Morgan fingerprint density at radius 1 is 1.24 bits per heavy atom. The summed E-state index contributed by atoms with van der Waals surface area (Å²) >= 11 is 3.42. The van der Waals surface area contributed by atoms with E-state index in [2.05, 4.69) is 15.9 Å². The van der Waals surface area contributed by atoms with E-state index in [0.717, 1.165) is 21.3 Å². The minimum absolute atomic E-state index is 0.0815. The maximum atomic E-state index is 10.9. The first-order valence-corrected chi connectivity index (χ1v) is 7.53. The molecule has 4 heteroatoms. The molecule has 2 rings (SSSR count). The molecule has 0 heterocycles. The number of aliphatic carboxylic acids is 1. The van der Waals surface area contributed by atoms with Crippen molar-refractivity contribution >= 4 is 21.9 Å². The maximum Gasteiger partial charge on any atom is 0.303 e. The van der Waals surface area contributed by atoms with Gasteiger partial charge in [0, 0.05) is 4.47 Å². The second kappa shape index (κ2) is 7.27. The molecule has 21 heavy (non-hydrogen) atoms. The third kappa shape index (κ3) is 4.60. The lowest BCUT2D eigenvalue weighted by molar-refractivity contribution is -0.137. The number of hydrogen-bond donors (Lipinski definition) is 1. The number of rotatable bonds is 6. The van der Waals surface area contributed by atoms with Gasteiger partial charge in [-0.05, 0) is 35.2 Å². The number of halogens is 1. The van der Waals surface area contributed by atoms with E-state index in [9.17, 15) is 4.79 Å². The SMILES string of the molecule is C[C@@H](CC(=O)O)c1cc(Br)ccc1OCc1ccccc1. The molecule has 1 atom stereocenters. The van der Waals surface area contributed by atoms with Gasteiger partial charge < -0.3 is 9.84 Å². The zero-order valence-electron chi connectivity index (χ0n) is 11.8. The van der Waals surface area contributed by atoms with Crippen molar-refractivity contribution in [1.29, 1.82) is 0 Å². The van der Waals surface area contributed by atoms with Crippen molar-refractivity contribution in [2.24, 2.45) is 0 Å². The van der Waals surface area contributed by atoms with Crippen LogP contribution in [-0.2, 0) is 11.4 Å². The molecule has 0 amide bonds. The number of ether oxygens (including phenoxy) is 1. The van der Waals surface area contributed by atoms with Crippen molar-refractivity contribution in [3.05, 3.63) is 64.1 Å². The van der Waals surface area contributed by atoms with Crippen molar-refractivity contribution in [3.63, 3.8) is 0 Å². The molecule has 0 aliphatic carbocycles. The summed E-state index contributed by atoms with van der Waals surface area (Å²) in [6.45, 7) is 2.36. The lowest BCUT2D eigenvalue weighted by Crippen LogP contribution is -2.06. The molecule has 0 bridgehead atoms. The van der Waals surface area contributed by atoms with Crippen LogP contribution in [0.1, 0.15) is 30.4 Å². The molecule has 0 saturated heterocycles. The highest BCUT2D eigenvalue weighted by atomic mass is 79.9. The average molecular weight is 349 g/mol. The molecule has 0 saturated carbocycles. The summed E-state index contributed by atoms with van der Waals surface area (Å²) in [5.74, 6) is -0.182. The van der Waals surface area contributed by atoms with Crippen LogP contribution in [0, 0.1) is 0 Å². The van der Waals surface area contributed by atoms with Crippen LogP contribution in [0.4, 0.5) is 0 Å². The highest BCUT2D eigenvalue weighted by molar-refractivity contribution is 9.10. The summed E-state index contributed by atoms with van der Waals surface area (Å²) in [6, 6.07) is 15.6. The predicted octanol–water partition coefficient (Wildman–Crippen LogP) is 4.61. The number of hydrogen-bond acceptors (Lipinski definition) is 2. The first kappa shape index (κ1) is 15.6. The minimum Gasteiger partial charge on any atom is -0.489 e. The summed E-state index contributed by atoms with van der Waals surface area (Å²) < 4.78 is 6.79. The van der Waals surface area contributed by atoms with E-state index >= 15 is 0 Å². The first-order valence-electron chi connectivity index (χ1n) is 6.74. The van der Waals surface area contributed by atoms with Crippen LogP contribution in [0.3, 0.4) is 0 Å². The van der Waals surface area contributed by atoms with E-state index in [1.807, 2.05) is 55.5 Å². The number of carboxylic acids is 1. The molecule has 0 unspecified atom stereocenters. The number of carboxylic acid groups (broad SMARTS) is 1. The Kier molecular flexibility index (Phi) is 5.39. The van der Waals surface area contributed by atoms with E-state index in [-0.39, 0.29) is 12.3 Å². The van der Waals surface area contributed by atoms with Gasteiger partial charge in [0.1, 0.15) is 12.4 Å². The largest absolute Gasteiger partial charge is 0.489 e. The van der Waals surface area contributed by atoms with Gasteiger partial charge in [0.25, 0.3) is 0 Å². The van der Waals surface area contributed by atoms with Crippen LogP contribution < -0.4 is 4.74 Å². The van der Waals surface area contributed by atoms with Gasteiger partial charge in [-0.1, -0.05) is 53.2 Å². The Hall–Kier alpha value is -1.81. The fourth-order valence-electron chi connectivity index (χ4n) is 2.14. The Bertz CT molecular complexity index is 611. The highest BCUT2D eigenvalue weighted by Crippen LogP contribution is 2.32. The third-order valence-corrected chi connectivity index (χ3v) is 3.71. The predicted molar refractivity (Wildman–Crippen MR) is 85.6 cm³/mol.